The van der Waals surface area contributed by atoms with Gasteiger partial charge in [-0.15, -0.1) is 11.3 Å². The predicted octanol–water partition coefficient (Wildman–Crippen LogP) is 4.22. The van der Waals surface area contributed by atoms with Crippen molar-refractivity contribution in [2.24, 2.45) is 5.92 Å². The van der Waals surface area contributed by atoms with Crippen LogP contribution in [0.25, 0.3) is 0 Å². The number of anilines is 1. The Morgan fingerprint density at radius 2 is 2.33 bits per heavy atom. The molecule has 2 aromatic rings. The third-order valence-electron chi connectivity index (χ3n) is 4.12. The lowest BCUT2D eigenvalue weighted by Gasteiger charge is -2.19. The van der Waals surface area contributed by atoms with Crippen LogP contribution in [0.4, 0.5) is 5.82 Å². The first-order chi connectivity index (χ1) is 10.2. The van der Waals surface area contributed by atoms with Crippen molar-refractivity contribution in [2.75, 3.05) is 5.32 Å². The maximum absolute atomic E-state index is 12.4. The number of amides is 1. The number of aryl methyl sites for hydroxylation is 2. The summed E-state index contributed by atoms with van der Waals surface area (Å²) >= 11 is 1.64. The Hall–Kier alpha value is -1.68. The molecule has 0 unspecified atom stereocenters. The number of nitrogens with zero attached hydrogens (tertiary/aromatic N) is 1. The van der Waals surface area contributed by atoms with Crippen LogP contribution >= 0.6 is 11.3 Å². The van der Waals surface area contributed by atoms with Crippen molar-refractivity contribution in [1.82, 2.24) is 4.98 Å². The molecule has 0 saturated carbocycles. The van der Waals surface area contributed by atoms with Crippen LogP contribution < -0.4 is 5.32 Å². The highest BCUT2D eigenvalue weighted by atomic mass is 32.1. The topological polar surface area (TPSA) is 42.0 Å². The third kappa shape index (κ3) is 3.16. The van der Waals surface area contributed by atoms with Crippen LogP contribution in [0.3, 0.4) is 0 Å². The standard InChI is InChI=1S/C17H20N2OS/c1-3-12-7-8-14-13(9-12)10-15(21-14)17(20)19-16-6-4-5-11(2)18-16/h4-6,10,12H,3,7-9H2,1-2H3,(H,18,19,20)/t12-/m0/s1. The third-order valence-corrected chi connectivity index (χ3v) is 5.35. The van der Waals surface area contributed by atoms with Crippen molar-refractivity contribution >= 4 is 23.1 Å². The molecule has 4 heteroatoms. The number of hydrogen-bond acceptors (Lipinski definition) is 3. The van der Waals surface area contributed by atoms with Crippen LogP contribution in [-0.2, 0) is 12.8 Å². The molecule has 0 aliphatic heterocycles. The summed E-state index contributed by atoms with van der Waals surface area (Å²) < 4.78 is 0. The summed E-state index contributed by atoms with van der Waals surface area (Å²) in [4.78, 5) is 18.9. The summed E-state index contributed by atoms with van der Waals surface area (Å²) in [5.74, 6) is 1.36. The molecule has 1 amide bonds. The fourth-order valence-electron chi connectivity index (χ4n) is 2.85. The van der Waals surface area contributed by atoms with Gasteiger partial charge in [0.2, 0.25) is 0 Å². The van der Waals surface area contributed by atoms with Crippen molar-refractivity contribution in [2.45, 2.75) is 39.5 Å². The lowest BCUT2D eigenvalue weighted by molar-refractivity contribution is 0.103. The Labute approximate surface area is 129 Å². The number of thiophene rings is 1. The van der Waals surface area contributed by atoms with Gasteiger partial charge < -0.3 is 5.32 Å². The quantitative estimate of drug-likeness (QED) is 0.922. The van der Waals surface area contributed by atoms with E-state index in [4.69, 9.17) is 0 Å². The van der Waals surface area contributed by atoms with E-state index in [1.54, 1.807) is 11.3 Å². The maximum Gasteiger partial charge on any atom is 0.266 e. The van der Waals surface area contributed by atoms with Gasteiger partial charge in [-0.05, 0) is 55.9 Å². The van der Waals surface area contributed by atoms with E-state index >= 15 is 0 Å². The molecule has 2 aromatic heterocycles. The maximum atomic E-state index is 12.4. The Balaban J connectivity index is 1.75. The second-order valence-corrected chi connectivity index (χ2v) is 6.83. The van der Waals surface area contributed by atoms with Crippen LogP contribution in [0.2, 0.25) is 0 Å². The smallest absolute Gasteiger partial charge is 0.266 e. The van der Waals surface area contributed by atoms with Gasteiger partial charge >= 0.3 is 0 Å². The van der Waals surface area contributed by atoms with Crippen LogP contribution in [0, 0.1) is 12.8 Å². The van der Waals surface area contributed by atoms with Gasteiger partial charge in [0.15, 0.2) is 0 Å². The van der Waals surface area contributed by atoms with E-state index in [9.17, 15) is 4.79 Å². The van der Waals surface area contributed by atoms with E-state index in [1.165, 1.54) is 23.3 Å². The normalized spacial score (nSPS) is 17.3. The summed E-state index contributed by atoms with van der Waals surface area (Å²) in [5.41, 5.74) is 2.28. The average Bonchev–Trinajstić information content (AvgIpc) is 2.90. The van der Waals surface area contributed by atoms with Gasteiger partial charge in [-0.2, -0.15) is 0 Å². The van der Waals surface area contributed by atoms with E-state index in [0.29, 0.717) is 5.82 Å². The van der Waals surface area contributed by atoms with Crippen LogP contribution in [0.15, 0.2) is 24.3 Å². The monoisotopic (exact) mass is 300 g/mol. The molecule has 0 fully saturated rings. The minimum absolute atomic E-state index is 0.0412. The van der Waals surface area contributed by atoms with E-state index in [1.807, 2.05) is 25.1 Å². The lowest BCUT2D eigenvalue weighted by atomic mass is 9.87. The molecule has 1 aliphatic rings. The number of nitrogens with one attached hydrogen (secondary N) is 1. The fraction of sp³-hybridized carbons (Fsp3) is 0.412. The Kier molecular flexibility index (Phi) is 4.06. The number of pyridine rings is 1. The molecule has 110 valence electrons. The molecule has 1 aliphatic carbocycles. The molecular formula is C17H20N2OS. The van der Waals surface area contributed by atoms with Crippen LogP contribution in [0.1, 0.15) is 45.6 Å². The minimum atomic E-state index is -0.0412. The van der Waals surface area contributed by atoms with Gasteiger partial charge in [-0.3, -0.25) is 4.79 Å². The molecule has 21 heavy (non-hydrogen) atoms. The van der Waals surface area contributed by atoms with Gasteiger partial charge in [0.25, 0.3) is 5.91 Å². The van der Waals surface area contributed by atoms with Gasteiger partial charge in [-0.1, -0.05) is 19.4 Å². The summed E-state index contributed by atoms with van der Waals surface area (Å²) in [6.45, 7) is 4.17. The highest BCUT2D eigenvalue weighted by molar-refractivity contribution is 7.14. The first kappa shape index (κ1) is 14.3. The molecule has 3 rings (SSSR count). The Morgan fingerprint density at radius 3 is 3.10 bits per heavy atom. The molecular weight excluding hydrogens is 280 g/mol. The number of carbonyl (C=O) groups excluding carboxylic acids is 1. The second kappa shape index (κ2) is 5.98. The zero-order valence-electron chi connectivity index (χ0n) is 12.5. The van der Waals surface area contributed by atoms with Gasteiger partial charge in [0.05, 0.1) is 4.88 Å². The number of hydrogen-bond donors (Lipinski definition) is 1. The number of carbonyl (C=O) groups is 1. The SMILES string of the molecule is CC[C@H]1CCc2sc(C(=O)Nc3cccc(C)n3)cc2C1. The lowest BCUT2D eigenvalue weighted by Crippen LogP contribution is -2.12. The van der Waals surface area contributed by atoms with Gasteiger partial charge in [0.1, 0.15) is 5.82 Å². The fourth-order valence-corrected chi connectivity index (χ4v) is 3.95. The first-order valence-electron chi connectivity index (χ1n) is 7.52. The van der Waals surface area contributed by atoms with Crippen molar-refractivity contribution in [3.8, 4) is 0 Å². The van der Waals surface area contributed by atoms with Crippen molar-refractivity contribution in [1.29, 1.82) is 0 Å². The Morgan fingerprint density at radius 1 is 1.48 bits per heavy atom. The summed E-state index contributed by atoms with van der Waals surface area (Å²) in [6.07, 6.45) is 4.72. The van der Waals surface area contributed by atoms with Crippen molar-refractivity contribution in [3.05, 3.63) is 45.3 Å². The molecule has 3 nitrogen and oxygen atoms in total. The zero-order valence-corrected chi connectivity index (χ0v) is 13.3. The highest BCUT2D eigenvalue weighted by Crippen LogP contribution is 2.33. The Bertz CT molecular complexity index is 663. The molecule has 0 aromatic carbocycles. The molecule has 1 N–H and O–H groups in total. The van der Waals surface area contributed by atoms with E-state index in [2.05, 4.69) is 23.3 Å². The second-order valence-electron chi connectivity index (χ2n) is 5.69. The number of rotatable bonds is 3. The molecule has 2 heterocycles. The van der Waals surface area contributed by atoms with Crippen LogP contribution in [0.5, 0.6) is 0 Å². The molecule has 0 saturated heterocycles. The molecule has 0 spiro atoms. The van der Waals surface area contributed by atoms with Crippen molar-refractivity contribution in [3.63, 3.8) is 0 Å². The molecule has 0 radical (unpaired) electrons. The van der Waals surface area contributed by atoms with Crippen LogP contribution in [-0.4, -0.2) is 10.9 Å². The zero-order chi connectivity index (χ0) is 14.8. The summed E-state index contributed by atoms with van der Waals surface area (Å²) in [6, 6.07) is 7.73. The van der Waals surface area contributed by atoms with E-state index in [-0.39, 0.29) is 5.91 Å². The first-order valence-corrected chi connectivity index (χ1v) is 8.34. The highest BCUT2D eigenvalue weighted by Gasteiger charge is 2.22. The largest absolute Gasteiger partial charge is 0.306 e. The number of fused-ring (bicyclic) bond motifs is 1. The van der Waals surface area contributed by atoms with E-state index in [0.717, 1.165) is 29.3 Å². The molecule has 0 bridgehead atoms. The predicted molar refractivity (Wildman–Crippen MR) is 87.1 cm³/mol. The summed E-state index contributed by atoms with van der Waals surface area (Å²) in [7, 11) is 0. The number of aromatic nitrogens is 1. The summed E-state index contributed by atoms with van der Waals surface area (Å²) in [5, 5.41) is 2.89. The van der Waals surface area contributed by atoms with Crippen molar-refractivity contribution < 1.29 is 4.79 Å². The molecule has 1 atom stereocenters. The van der Waals surface area contributed by atoms with E-state index < -0.39 is 0 Å². The average molecular weight is 300 g/mol. The minimum Gasteiger partial charge on any atom is -0.306 e. The van der Waals surface area contributed by atoms with Gasteiger partial charge in [0, 0.05) is 10.6 Å². The van der Waals surface area contributed by atoms with Gasteiger partial charge in [-0.25, -0.2) is 4.98 Å².